The number of hydrogen-bond acceptors (Lipinski definition) is 5. The van der Waals surface area contributed by atoms with Crippen LogP contribution in [0.4, 0.5) is 10.5 Å². The van der Waals surface area contributed by atoms with Crippen molar-refractivity contribution in [2.75, 3.05) is 45.8 Å². The van der Waals surface area contributed by atoms with Crippen molar-refractivity contribution in [1.82, 2.24) is 20.0 Å². The minimum atomic E-state index is 0.0753. The quantitative estimate of drug-likeness (QED) is 0.521. The van der Waals surface area contributed by atoms with Crippen LogP contribution in [-0.2, 0) is 12.8 Å². The number of aliphatic imine (C=N–C) groups is 1. The predicted octanol–water partition coefficient (Wildman–Crippen LogP) is 4.68. The fourth-order valence-electron chi connectivity index (χ4n) is 5.85. The van der Waals surface area contributed by atoms with Crippen LogP contribution in [0.3, 0.4) is 0 Å². The molecule has 4 heterocycles. The minimum absolute atomic E-state index is 0.0753. The molecule has 2 saturated heterocycles. The number of aryl methyl sites for hydroxylation is 2. The number of piperazine rings is 1. The first kappa shape index (κ1) is 24.2. The van der Waals surface area contributed by atoms with E-state index in [1.165, 1.54) is 26.4 Å². The fourth-order valence-corrected chi connectivity index (χ4v) is 6.90. The molecule has 1 N–H and O–H groups in total. The maximum Gasteiger partial charge on any atom is 0.317 e. The molecular weight excluding hydrogens is 478 g/mol. The molecule has 3 aliphatic heterocycles. The van der Waals surface area contributed by atoms with Gasteiger partial charge in [-0.15, -0.1) is 11.3 Å². The average Bonchev–Trinajstić information content (AvgIpc) is 3.46. The molecule has 3 aliphatic rings. The van der Waals surface area contributed by atoms with E-state index in [0.717, 1.165) is 76.6 Å². The molecule has 1 unspecified atom stereocenters. The lowest BCUT2D eigenvalue weighted by molar-refractivity contribution is 0.0983. The van der Waals surface area contributed by atoms with Crippen LogP contribution in [0.2, 0.25) is 0 Å². The molecule has 192 valence electrons. The molecule has 0 spiro atoms. The maximum absolute atomic E-state index is 12.1. The van der Waals surface area contributed by atoms with Crippen molar-refractivity contribution < 1.29 is 4.79 Å². The number of carbonyl (C=O) groups is 1. The lowest BCUT2D eigenvalue weighted by Crippen LogP contribution is -2.56. The van der Waals surface area contributed by atoms with Gasteiger partial charge in [0.25, 0.3) is 0 Å². The lowest BCUT2D eigenvalue weighted by Gasteiger charge is -2.43. The second-order valence-electron chi connectivity index (χ2n) is 10.3. The summed E-state index contributed by atoms with van der Waals surface area (Å²) in [4.78, 5) is 27.3. The van der Waals surface area contributed by atoms with Crippen LogP contribution < -0.4 is 5.32 Å². The highest BCUT2D eigenvalue weighted by atomic mass is 32.1. The summed E-state index contributed by atoms with van der Waals surface area (Å²) in [5.74, 6) is 1.13. The smallest absolute Gasteiger partial charge is 0.317 e. The molecule has 2 fully saturated rings. The summed E-state index contributed by atoms with van der Waals surface area (Å²) >= 11 is 1.90. The third-order valence-electron chi connectivity index (χ3n) is 7.86. The van der Waals surface area contributed by atoms with Crippen LogP contribution >= 0.6 is 11.3 Å². The van der Waals surface area contributed by atoms with Gasteiger partial charge in [-0.3, -0.25) is 4.90 Å². The number of para-hydroxylation sites is 1. The van der Waals surface area contributed by atoms with Gasteiger partial charge in [0.2, 0.25) is 0 Å². The number of hydrogen-bond donors (Lipinski definition) is 1. The van der Waals surface area contributed by atoms with E-state index >= 15 is 0 Å². The van der Waals surface area contributed by atoms with Crippen LogP contribution in [0.1, 0.15) is 32.9 Å². The minimum Gasteiger partial charge on any atom is -0.353 e. The molecule has 6 rings (SSSR count). The molecule has 1 aromatic heterocycles. The van der Waals surface area contributed by atoms with Gasteiger partial charge in [0.15, 0.2) is 0 Å². The molecule has 3 aromatic rings. The highest BCUT2D eigenvalue weighted by Gasteiger charge is 2.32. The summed E-state index contributed by atoms with van der Waals surface area (Å²) in [6.45, 7) is 8.36. The molecule has 2 amide bonds. The van der Waals surface area contributed by atoms with Crippen LogP contribution in [0.25, 0.3) is 0 Å². The topological polar surface area (TPSA) is 51.2 Å². The first-order chi connectivity index (χ1) is 18.1. The molecule has 37 heavy (non-hydrogen) atoms. The van der Waals surface area contributed by atoms with Gasteiger partial charge in [0.1, 0.15) is 5.84 Å². The van der Waals surface area contributed by atoms with E-state index in [2.05, 4.69) is 82.7 Å². The van der Waals surface area contributed by atoms with Crippen molar-refractivity contribution in [3.63, 3.8) is 0 Å². The van der Waals surface area contributed by atoms with Crippen molar-refractivity contribution in [3.8, 4) is 0 Å². The molecule has 0 saturated carbocycles. The number of amidine groups is 1. The van der Waals surface area contributed by atoms with Crippen molar-refractivity contribution in [2.24, 2.45) is 4.99 Å². The van der Waals surface area contributed by atoms with E-state index in [9.17, 15) is 4.79 Å². The van der Waals surface area contributed by atoms with Crippen molar-refractivity contribution in [2.45, 2.75) is 32.2 Å². The van der Waals surface area contributed by atoms with E-state index in [0.29, 0.717) is 6.04 Å². The Kier molecular flexibility index (Phi) is 6.98. The second-order valence-corrected chi connectivity index (χ2v) is 11.7. The van der Waals surface area contributed by atoms with Crippen LogP contribution in [0.5, 0.6) is 0 Å². The summed E-state index contributed by atoms with van der Waals surface area (Å²) in [5.41, 5.74) is 5.10. The van der Waals surface area contributed by atoms with E-state index in [-0.39, 0.29) is 6.03 Å². The average molecular weight is 514 g/mol. The largest absolute Gasteiger partial charge is 0.353 e. The first-order valence-electron chi connectivity index (χ1n) is 13.5. The summed E-state index contributed by atoms with van der Waals surface area (Å²) in [6.07, 6.45) is 3.09. The fraction of sp³-hybridized carbons (Fsp3) is 0.400. The van der Waals surface area contributed by atoms with Gasteiger partial charge in [-0.25, -0.2) is 9.79 Å². The van der Waals surface area contributed by atoms with Crippen LogP contribution in [0.15, 0.2) is 65.7 Å². The number of amides is 2. The molecule has 7 heteroatoms. The Bertz CT molecular complexity index is 1290. The Hall–Kier alpha value is -3.16. The Labute approximate surface area is 223 Å². The van der Waals surface area contributed by atoms with Gasteiger partial charge in [-0.2, -0.15) is 0 Å². The first-order valence-corrected chi connectivity index (χ1v) is 14.3. The SMILES string of the molecule is Cc1cc2c(s1)Cc1ccccc1N=C2N1CCN(CCN2CCNC2=O)C(CCc2ccccc2)C1. The van der Waals surface area contributed by atoms with Gasteiger partial charge in [-0.1, -0.05) is 48.5 Å². The van der Waals surface area contributed by atoms with Crippen molar-refractivity contribution >= 4 is 28.9 Å². The second kappa shape index (κ2) is 10.7. The Morgan fingerprint density at radius 1 is 1.03 bits per heavy atom. The number of carbonyl (C=O) groups excluding carboxylic acids is 1. The zero-order valence-electron chi connectivity index (χ0n) is 21.5. The number of thiophene rings is 1. The third-order valence-corrected chi connectivity index (χ3v) is 8.91. The number of urea groups is 1. The number of benzene rings is 2. The Morgan fingerprint density at radius 2 is 1.86 bits per heavy atom. The highest BCUT2D eigenvalue weighted by Crippen LogP contribution is 2.34. The Morgan fingerprint density at radius 3 is 2.70 bits per heavy atom. The summed E-state index contributed by atoms with van der Waals surface area (Å²) in [6, 6.07) is 22.2. The maximum atomic E-state index is 12.1. The molecular formula is C30H35N5OS. The molecule has 0 bridgehead atoms. The summed E-state index contributed by atoms with van der Waals surface area (Å²) in [7, 11) is 0. The number of rotatable bonds is 6. The molecule has 2 aromatic carbocycles. The monoisotopic (exact) mass is 513 g/mol. The molecule has 1 atom stereocenters. The van der Waals surface area contributed by atoms with E-state index in [1.54, 1.807) is 0 Å². The Balaban J connectivity index is 1.25. The predicted molar refractivity (Wildman–Crippen MR) is 151 cm³/mol. The van der Waals surface area contributed by atoms with Crippen molar-refractivity contribution in [1.29, 1.82) is 0 Å². The number of nitrogens with one attached hydrogen (secondary N) is 1. The standard InChI is InChI=1S/C30H35N5OS/c1-22-19-26-28(37-22)20-24-9-5-6-10-27(24)32-29(26)35-18-16-33(15-17-34-14-13-31-30(34)36)25(21-35)12-11-23-7-3-2-4-8-23/h2-10,19,25H,11-18,20-21H2,1H3,(H,31,36). The lowest BCUT2D eigenvalue weighted by atomic mass is 10.0. The van der Waals surface area contributed by atoms with E-state index < -0.39 is 0 Å². The van der Waals surface area contributed by atoms with Gasteiger partial charge >= 0.3 is 6.03 Å². The summed E-state index contributed by atoms with van der Waals surface area (Å²) < 4.78 is 0. The van der Waals surface area contributed by atoms with Gasteiger partial charge in [0, 0.05) is 73.6 Å². The van der Waals surface area contributed by atoms with Gasteiger partial charge < -0.3 is 15.1 Å². The van der Waals surface area contributed by atoms with Gasteiger partial charge in [0.05, 0.1) is 5.69 Å². The normalized spacial score (nSPS) is 19.8. The number of fused-ring (bicyclic) bond motifs is 2. The zero-order valence-corrected chi connectivity index (χ0v) is 22.3. The molecule has 0 aliphatic carbocycles. The van der Waals surface area contributed by atoms with E-state index in [4.69, 9.17) is 4.99 Å². The number of nitrogens with zero attached hydrogens (tertiary/aromatic N) is 4. The van der Waals surface area contributed by atoms with Gasteiger partial charge in [-0.05, 0) is 43.0 Å². The van der Waals surface area contributed by atoms with Crippen molar-refractivity contribution in [3.05, 3.63) is 87.1 Å². The highest BCUT2D eigenvalue weighted by molar-refractivity contribution is 7.12. The third kappa shape index (κ3) is 5.29. The zero-order chi connectivity index (χ0) is 25.2. The summed E-state index contributed by atoms with van der Waals surface area (Å²) in [5, 5.41) is 2.94. The van der Waals surface area contributed by atoms with E-state index in [1.807, 2.05) is 16.2 Å². The van der Waals surface area contributed by atoms with Crippen LogP contribution in [0, 0.1) is 6.92 Å². The molecule has 0 radical (unpaired) electrons. The molecule has 6 nitrogen and oxygen atoms in total. The van der Waals surface area contributed by atoms with Crippen LogP contribution in [-0.4, -0.2) is 78.4 Å².